The Morgan fingerprint density at radius 2 is 2.00 bits per heavy atom. The second kappa shape index (κ2) is 11.9. The minimum atomic E-state index is -0.611. The average Bonchev–Trinajstić information content (AvgIpc) is 3.11. The van der Waals surface area contributed by atoms with Crippen LogP contribution >= 0.6 is 0 Å². The highest BCUT2D eigenvalue weighted by Crippen LogP contribution is 2.31. The van der Waals surface area contributed by atoms with Crippen LogP contribution in [0, 0.1) is 12.8 Å². The standard InChI is InChI=1S/C27H37N3O6/c1-18(2)13-30(14-20-5-6-23-24(11-20)35-9-4-8-34-23)27(33)25-16-29(7-10-36-25)15-22-21(17-31)12-28-19(3)26(22)32/h5-6,11-12,18,25,31-32H,4,7-10,13-17H2,1-3H3/t25-/m1/s1. The third-order valence-corrected chi connectivity index (χ3v) is 6.49. The quantitative estimate of drug-likeness (QED) is 0.571. The molecule has 9 heteroatoms. The zero-order valence-corrected chi connectivity index (χ0v) is 21.4. The number of benzene rings is 1. The van der Waals surface area contributed by atoms with E-state index in [-0.39, 0.29) is 24.2 Å². The summed E-state index contributed by atoms with van der Waals surface area (Å²) in [5.41, 5.74) is 2.72. The molecule has 2 aliphatic rings. The second-order valence-corrected chi connectivity index (χ2v) is 9.89. The summed E-state index contributed by atoms with van der Waals surface area (Å²) in [4.78, 5) is 21.7. The highest BCUT2D eigenvalue weighted by Gasteiger charge is 2.31. The van der Waals surface area contributed by atoms with Crippen LogP contribution < -0.4 is 9.47 Å². The van der Waals surface area contributed by atoms with E-state index >= 15 is 0 Å². The number of pyridine rings is 1. The number of fused-ring (bicyclic) bond motifs is 1. The van der Waals surface area contributed by atoms with Gasteiger partial charge in [-0.3, -0.25) is 14.7 Å². The smallest absolute Gasteiger partial charge is 0.253 e. The van der Waals surface area contributed by atoms with Crippen LogP contribution in [0.1, 0.15) is 42.7 Å². The molecule has 196 valence electrons. The molecule has 0 aliphatic carbocycles. The number of rotatable bonds is 8. The first-order valence-corrected chi connectivity index (χ1v) is 12.6. The Hall–Kier alpha value is -2.88. The Morgan fingerprint density at radius 1 is 1.22 bits per heavy atom. The lowest BCUT2D eigenvalue weighted by Crippen LogP contribution is -2.51. The van der Waals surface area contributed by atoms with Gasteiger partial charge in [-0.05, 0) is 30.5 Å². The molecule has 1 saturated heterocycles. The minimum Gasteiger partial charge on any atom is -0.506 e. The minimum absolute atomic E-state index is 0.0574. The van der Waals surface area contributed by atoms with E-state index in [1.807, 2.05) is 23.1 Å². The van der Waals surface area contributed by atoms with Gasteiger partial charge >= 0.3 is 0 Å². The van der Waals surface area contributed by atoms with Gasteiger partial charge in [-0.15, -0.1) is 0 Å². The molecule has 1 amide bonds. The van der Waals surface area contributed by atoms with Crippen molar-refractivity contribution in [3.63, 3.8) is 0 Å². The number of aromatic hydroxyl groups is 1. The van der Waals surface area contributed by atoms with Crippen molar-refractivity contribution in [2.45, 2.75) is 53.0 Å². The molecule has 0 saturated carbocycles. The summed E-state index contributed by atoms with van der Waals surface area (Å²) in [5, 5.41) is 20.3. The zero-order valence-electron chi connectivity index (χ0n) is 21.4. The molecule has 9 nitrogen and oxygen atoms in total. The van der Waals surface area contributed by atoms with Crippen LogP contribution in [-0.4, -0.2) is 76.5 Å². The van der Waals surface area contributed by atoms with Crippen LogP contribution in [0.2, 0.25) is 0 Å². The number of aliphatic hydroxyl groups is 1. The SMILES string of the molecule is Cc1ncc(CO)c(CN2CCO[C@@H](C(=O)N(Cc3ccc4c(c3)OCCCO4)CC(C)C)C2)c1O. The summed E-state index contributed by atoms with van der Waals surface area (Å²) in [6, 6.07) is 5.85. The van der Waals surface area contributed by atoms with E-state index in [4.69, 9.17) is 14.2 Å². The summed E-state index contributed by atoms with van der Waals surface area (Å²) < 4.78 is 17.5. The van der Waals surface area contributed by atoms with E-state index in [0.717, 1.165) is 17.7 Å². The van der Waals surface area contributed by atoms with Crippen molar-refractivity contribution in [3.05, 3.63) is 46.8 Å². The maximum absolute atomic E-state index is 13.6. The largest absolute Gasteiger partial charge is 0.506 e. The number of morpholine rings is 1. The molecule has 0 spiro atoms. The molecular formula is C27H37N3O6. The van der Waals surface area contributed by atoms with Crippen LogP contribution in [0.5, 0.6) is 17.2 Å². The number of hydrogen-bond acceptors (Lipinski definition) is 8. The Kier molecular flexibility index (Phi) is 8.66. The van der Waals surface area contributed by atoms with Crippen LogP contribution in [0.25, 0.3) is 0 Å². The second-order valence-electron chi connectivity index (χ2n) is 9.89. The molecule has 1 aromatic carbocycles. The summed E-state index contributed by atoms with van der Waals surface area (Å²) in [5.74, 6) is 1.78. The number of hydrogen-bond donors (Lipinski definition) is 2. The zero-order chi connectivity index (χ0) is 25.7. The van der Waals surface area contributed by atoms with Gasteiger partial charge in [-0.25, -0.2) is 0 Å². The number of carbonyl (C=O) groups excluding carboxylic acids is 1. The van der Waals surface area contributed by atoms with Gasteiger partial charge in [0.25, 0.3) is 5.91 Å². The predicted octanol–water partition coefficient (Wildman–Crippen LogP) is 2.63. The molecule has 1 aromatic heterocycles. The van der Waals surface area contributed by atoms with Gasteiger partial charge in [0, 0.05) is 56.5 Å². The first-order valence-electron chi connectivity index (χ1n) is 12.6. The highest BCUT2D eigenvalue weighted by molar-refractivity contribution is 5.81. The molecule has 4 rings (SSSR count). The third kappa shape index (κ3) is 6.27. The van der Waals surface area contributed by atoms with E-state index in [1.165, 1.54) is 0 Å². The molecule has 1 fully saturated rings. The van der Waals surface area contributed by atoms with Crippen LogP contribution in [-0.2, 0) is 29.2 Å². The highest BCUT2D eigenvalue weighted by atomic mass is 16.5. The van der Waals surface area contributed by atoms with Gasteiger partial charge in [0.2, 0.25) is 0 Å². The van der Waals surface area contributed by atoms with Crippen molar-refractivity contribution in [3.8, 4) is 17.2 Å². The first kappa shape index (κ1) is 26.2. The van der Waals surface area contributed by atoms with E-state index in [2.05, 4.69) is 23.7 Å². The van der Waals surface area contributed by atoms with E-state index in [9.17, 15) is 15.0 Å². The van der Waals surface area contributed by atoms with Crippen molar-refractivity contribution < 1.29 is 29.2 Å². The molecule has 2 aliphatic heterocycles. The molecular weight excluding hydrogens is 462 g/mol. The summed E-state index contributed by atoms with van der Waals surface area (Å²) in [6.07, 6.45) is 1.82. The Labute approximate surface area is 212 Å². The lowest BCUT2D eigenvalue weighted by atomic mass is 10.1. The summed E-state index contributed by atoms with van der Waals surface area (Å²) in [7, 11) is 0. The van der Waals surface area contributed by atoms with E-state index in [0.29, 0.717) is 75.1 Å². The molecule has 2 N–H and O–H groups in total. The maximum Gasteiger partial charge on any atom is 0.253 e. The predicted molar refractivity (Wildman–Crippen MR) is 134 cm³/mol. The Morgan fingerprint density at radius 3 is 2.75 bits per heavy atom. The van der Waals surface area contributed by atoms with Gasteiger partial charge in [0.05, 0.1) is 32.1 Å². The van der Waals surface area contributed by atoms with Gasteiger partial charge in [0.1, 0.15) is 11.9 Å². The molecule has 1 atom stereocenters. The van der Waals surface area contributed by atoms with Crippen molar-refractivity contribution in [1.29, 1.82) is 0 Å². The molecule has 36 heavy (non-hydrogen) atoms. The van der Waals surface area contributed by atoms with Gasteiger partial charge in [0.15, 0.2) is 11.5 Å². The maximum atomic E-state index is 13.6. The van der Waals surface area contributed by atoms with E-state index in [1.54, 1.807) is 13.1 Å². The number of amides is 1. The van der Waals surface area contributed by atoms with Crippen LogP contribution in [0.4, 0.5) is 0 Å². The van der Waals surface area contributed by atoms with Gasteiger partial charge < -0.3 is 29.3 Å². The van der Waals surface area contributed by atoms with Crippen LogP contribution in [0.15, 0.2) is 24.4 Å². The molecule has 2 aromatic rings. The normalized spacial score (nSPS) is 18.2. The Bertz CT molecular complexity index is 1060. The lowest BCUT2D eigenvalue weighted by Gasteiger charge is -2.36. The van der Waals surface area contributed by atoms with Crippen molar-refractivity contribution in [2.24, 2.45) is 5.92 Å². The third-order valence-electron chi connectivity index (χ3n) is 6.49. The Balaban J connectivity index is 1.47. The fourth-order valence-electron chi connectivity index (χ4n) is 4.62. The van der Waals surface area contributed by atoms with Crippen molar-refractivity contribution in [1.82, 2.24) is 14.8 Å². The fraction of sp³-hybridized carbons (Fsp3) is 0.556. The number of carbonyl (C=O) groups is 1. The number of nitrogens with zero attached hydrogens (tertiary/aromatic N) is 3. The number of aliphatic hydroxyl groups excluding tert-OH is 1. The average molecular weight is 500 g/mol. The monoisotopic (exact) mass is 499 g/mol. The molecule has 0 bridgehead atoms. The van der Waals surface area contributed by atoms with Gasteiger partial charge in [-0.1, -0.05) is 19.9 Å². The van der Waals surface area contributed by atoms with E-state index < -0.39 is 6.10 Å². The molecule has 0 radical (unpaired) electrons. The molecule has 0 unspecified atom stereocenters. The first-order chi connectivity index (χ1) is 17.4. The number of aryl methyl sites for hydroxylation is 1. The molecule has 3 heterocycles. The fourth-order valence-corrected chi connectivity index (χ4v) is 4.62. The van der Waals surface area contributed by atoms with Crippen molar-refractivity contribution in [2.75, 3.05) is 39.5 Å². The number of aromatic nitrogens is 1. The summed E-state index contributed by atoms with van der Waals surface area (Å²) >= 11 is 0. The lowest BCUT2D eigenvalue weighted by molar-refractivity contribution is -0.151. The topological polar surface area (TPSA) is 105 Å². The summed E-state index contributed by atoms with van der Waals surface area (Å²) in [6.45, 7) is 9.86. The number of ether oxygens (including phenoxy) is 3. The van der Waals surface area contributed by atoms with Gasteiger partial charge in [-0.2, -0.15) is 0 Å². The van der Waals surface area contributed by atoms with Crippen LogP contribution in [0.3, 0.4) is 0 Å². The van der Waals surface area contributed by atoms with Crippen molar-refractivity contribution >= 4 is 5.91 Å².